The lowest BCUT2D eigenvalue weighted by Gasteiger charge is -2.14. The van der Waals surface area contributed by atoms with Gasteiger partial charge in [0.25, 0.3) is 0 Å². The minimum atomic E-state index is -0.819. The molecular weight excluding hydrogens is 248 g/mol. The molecule has 0 aliphatic heterocycles. The fraction of sp³-hybridized carbons (Fsp3) is 0.200. The highest BCUT2D eigenvalue weighted by Gasteiger charge is 2.13. The van der Waals surface area contributed by atoms with Gasteiger partial charge in [0.15, 0.2) is 5.82 Å². The topological polar surface area (TPSA) is 32.3 Å². The summed E-state index contributed by atoms with van der Waals surface area (Å²) in [6.45, 7) is 1.61. The molecule has 2 N–H and O–H groups in total. The molecule has 0 aromatic heterocycles. The van der Waals surface area contributed by atoms with E-state index in [4.69, 9.17) is 0 Å². The summed E-state index contributed by atoms with van der Waals surface area (Å²) in [6, 6.07) is 11.5. The molecule has 0 amide bonds. The van der Waals surface area contributed by atoms with Gasteiger partial charge in [-0.05, 0) is 24.1 Å². The van der Waals surface area contributed by atoms with Gasteiger partial charge in [-0.2, -0.15) is 0 Å². The van der Waals surface area contributed by atoms with Gasteiger partial charge in [0.2, 0.25) is 0 Å². The van der Waals surface area contributed by atoms with Crippen LogP contribution in [-0.2, 0) is 0 Å². The van der Waals surface area contributed by atoms with Crippen LogP contribution in [0.1, 0.15) is 17.2 Å². The number of aryl methyl sites for hydroxylation is 1. The van der Waals surface area contributed by atoms with Gasteiger partial charge < -0.3 is 10.4 Å². The third-order valence-electron chi connectivity index (χ3n) is 2.94. The average molecular weight is 263 g/mol. The number of benzene rings is 2. The number of rotatable bonds is 4. The highest BCUT2D eigenvalue weighted by molar-refractivity contribution is 5.49. The molecule has 0 heterocycles. The van der Waals surface area contributed by atoms with E-state index < -0.39 is 17.7 Å². The summed E-state index contributed by atoms with van der Waals surface area (Å²) in [5.74, 6) is -1.29. The fourth-order valence-corrected chi connectivity index (χ4v) is 1.81. The van der Waals surface area contributed by atoms with Crippen molar-refractivity contribution >= 4 is 5.69 Å². The van der Waals surface area contributed by atoms with Gasteiger partial charge in [-0.3, -0.25) is 0 Å². The quantitative estimate of drug-likeness (QED) is 0.886. The molecule has 2 aromatic rings. The Hall–Kier alpha value is -1.94. The summed E-state index contributed by atoms with van der Waals surface area (Å²) in [5.41, 5.74) is 0.858. The first-order valence-electron chi connectivity index (χ1n) is 6.01. The van der Waals surface area contributed by atoms with E-state index in [2.05, 4.69) is 5.32 Å². The second-order valence-corrected chi connectivity index (χ2v) is 4.36. The normalized spacial score (nSPS) is 12.2. The maximum Gasteiger partial charge on any atom is 0.152 e. The molecule has 0 aliphatic carbocycles. The van der Waals surface area contributed by atoms with Crippen LogP contribution in [0.3, 0.4) is 0 Å². The Morgan fingerprint density at radius 3 is 2.47 bits per heavy atom. The number of hydrogen-bond donors (Lipinski definition) is 2. The molecule has 0 spiro atoms. The molecule has 2 nitrogen and oxygen atoms in total. The van der Waals surface area contributed by atoms with E-state index >= 15 is 0 Å². The van der Waals surface area contributed by atoms with Crippen molar-refractivity contribution in [2.24, 2.45) is 0 Å². The van der Waals surface area contributed by atoms with Crippen molar-refractivity contribution < 1.29 is 13.9 Å². The lowest BCUT2D eigenvalue weighted by Crippen LogP contribution is -2.14. The van der Waals surface area contributed by atoms with Crippen molar-refractivity contribution in [1.82, 2.24) is 0 Å². The third-order valence-corrected chi connectivity index (χ3v) is 2.94. The van der Waals surface area contributed by atoms with Crippen molar-refractivity contribution in [2.45, 2.75) is 13.0 Å². The van der Waals surface area contributed by atoms with Crippen LogP contribution >= 0.6 is 0 Å². The fourth-order valence-electron chi connectivity index (χ4n) is 1.81. The largest absolute Gasteiger partial charge is 0.387 e. The van der Waals surface area contributed by atoms with Gasteiger partial charge in [-0.15, -0.1) is 0 Å². The van der Waals surface area contributed by atoms with Crippen LogP contribution in [0.4, 0.5) is 14.5 Å². The highest BCUT2D eigenvalue weighted by atomic mass is 19.1. The highest BCUT2D eigenvalue weighted by Crippen LogP contribution is 2.22. The van der Waals surface area contributed by atoms with Crippen molar-refractivity contribution in [1.29, 1.82) is 0 Å². The molecule has 19 heavy (non-hydrogen) atoms. The number of halogens is 2. The van der Waals surface area contributed by atoms with Crippen LogP contribution < -0.4 is 5.32 Å². The van der Waals surface area contributed by atoms with Crippen LogP contribution in [0, 0.1) is 18.6 Å². The van der Waals surface area contributed by atoms with E-state index in [1.807, 2.05) is 6.07 Å². The Morgan fingerprint density at radius 2 is 1.79 bits per heavy atom. The molecule has 4 heteroatoms. The van der Waals surface area contributed by atoms with E-state index in [0.29, 0.717) is 11.1 Å². The van der Waals surface area contributed by atoms with Gasteiger partial charge in [0.1, 0.15) is 11.5 Å². The molecule has 0 radical (unpaired) electrons. The van der Waals surface area contributed by atoms with Gasteiger partial charge in [0.05, 0.1) is 6.10 Å². The molecule has 0 fully saturated rings. The van der Waals surface area contributed by atoms with Gasteiger partial charge in [-0.1, -0.05) is 36.4 Å². The Bertz CT molecular complexity index is 558. The van der Waals surface area contributed by atoms with Crippen molar-refractivity contribution in [3.8, 4) is 0 Å². The van der Waals surface area contributed by atoms with Gasteiger partial charge in [0, 0.05) is 6.54 Å². The first kappa shape index (κ1) is 13.5. The minimum Gasteiger partial charge on any atom is -0.387 e. The summed E-state index contributed by atoms with van der Waals surface area (Å²) in [7, 11) is 0. The second-order valence-electron chi connectivity index (χ2n) is 4.36. The Balaban J connectivity index is 2.09. The minimum absolute atomic E-state index is 0.0430. The van der Waals surface area contributed by atoms with Crippen LogP contribution in [0.15, 0.2) is 42.5 Å². The zero-order valence-electron chi connectivity index (χ0n) is 10.5. The van der Waals surface area contributed by atoms with E-state index in [0.717, 1.165) is 0 Å². The first-order valence-corrected chi connectivity index (χ1v) is 6.01. The molecule has 2 rings (SSSR count). The number of aliphatic hydroxyl groups excluding tert-OH is 1. The van der Waals surface area contributed by atoms with Gasteiger partial charge >= 0.3 is 0 Å². The van der Waals surface area contributed by atoms with Crippen molar-refractivity contribution in [3.63, 3.8) is 0 Å². The number of nitrogens with one attached hydrogen (secondary N) is 1. The van der Waals surface area contributed by atoms with E-state index in [-0.39, 0.29) is 12.2 Å². The second kappa shape index (κ2) is 5.80. The van der Waals surface area contributed by atoms with Gasteiger partial charge in [-0.25, -0.2) is 8.78 Å². The van der Waals surface area contributed by atoms with Crippen LogP contribution in [0.5, 0.6) is 0 Å². The monoisotopic (exact) mass is 263 g/mol. The molecule has 1 atom stereocenters. The predicted octanol–water partition coefficient (Wildman–Crippen LogP) is 3.42. The molecule has 0 saturated heterocycles. The molecular formula is C15H15F2NO. The molecule has 0 aliphatic rings. The zero-order chi connectivity index (χ0) is 13.8. The van der Waals surface area contributed by atoms with Crippen molar-refractivity contribution in [2.75, 3.05) is 11.9 Å². The number of hydrogen-bond acceptors (Lipinski definition) is 2. The van der Waals surface area contributed by atoms with E-state index in [1.54, 1.807) is 31.2 Å². The van der Waals surface area contributed by atoms with Crippen molar-refractivity contribution in [3.05, 3.63) is 65.2 Å². The number of anilines is 1. The third kappa shape index (κ3) is 3.09. The van der Waals surface area contributed by atoms with Crippen LogP contribution in [0.25, 0.3) is 0 Å². The zero-order valence-corrected chi connectivity index (χ0v) is 10.5. The maximum absolute atomic E-state index is 13.7. The summed E-state index contributed by atoms with van der Waals surface area (Å²) in [5, 5.41) is 12.5. The van der Waals surface area contributed by atoms with Crippen LogP contribution in [0.2, 0.25) is 0 Å². The lowest BCUT2D eigenvalue weighted by molar-refractivity contribution is 0.191. The Kier molecular flexibility index (Phi) is 4.12. The molecule has 1 unspecified atom stereocenters. The van der Waals surface area contributed by atoms with E-state index in [9.17, 15) is 13.9 Å². The first-order chi connectivity index (χ1) is 9.09. The summed E-state index contributed by atoms with van der Waals surface area (Å²) < 4.78 is 27.2. The average Bonchev–Trinajstić information content (AvgIpc) is 2.44. The number of aliphatic hydroxyl groups is 1. The Labute approximate surface area is 110 Å². The molecule has 0 bridgehead atoms. The molecule has 0 saturated carbocycles. The predicted molar refractivity (Wildman–Crippen MR) is 71.0 cm³/mol. The summed E-state index contributed by atoms with van der Waals surface area (Å²) >= 11 is 0. The smallest absolute Gasteiger partial charge is 0.152 e. The Morgan fingerprint density at radius 1 is 1.11 bits per heavy atom. The molecule has 100 valence electrons. The summed E-state index contributed by atoms with van der Waals surface area (Å²) in [6.07, 6.45) is -0.819. The summed E-state index contributed by atoms with van der Waals surface area (Å²) in [4.78, 5) is 0. The maximum atomic E-state index is 13.7. The SMILES string of the molecule is Cc1ccc(F)c(NCC(O)c2ccccc2)c1F. The lowest BCUT2D eigenvalue weighted by atomic mass is 10.1. The van der Waals surface area contributed by atoms with Crippen LogP contribution in [-0.4, -0.2) is 11.7 Å². The molecule has 2 aromatic carbocycles. The standard InChI is InChI=1S/C15H15F2NO/c1-10-7-8-12(16)15(14(10)17)18-9-13(19)11-5-3-2-4-6-11/h2-8,13,18-19H,9H2,1H3. The van der Waals surface area contributed by atoms with E-state index in [1.165, 1.54) is 12.1 Å².